The second-order valence-electron chi connectivity index (χ2n) is 5.15. The molecule has 1 aliphatic heterocycles. The molecule has 1 aliphatic carbocycles. The summed E-state index contributed by atoms with van der Waals surface area (Å²) >= 11 is 0. The zero-order valence-electron chi connectivity index (χ0n) is 11.0. The molecule has 0 unspecified atom stereocenters. The maximum atomic E-state index is 13.6. The SMILES string of the molecule is O=C1NC[C@H](COC(=O)[C@@H]2C[C@H]2c2cc(F)ccc2F)O1. The Kier molecular flexibility index (Phi) is 3.48. The van der Waals surface area contributed by atoms with Crippen molar-refractivity contribution in [3.8, 4) is 0 Å². The van der Waals surface area contributed by atoms with Crippen LogP contribution in [0.15, 0.2) is 18.2 Å². The Balaban J connectivity index is 1.53. The van der Waals surface area contributed by atoms with Gasteiger partial charge in [-0.25, -0.2) is 13.6 Å². The van der Waals surface area contributed by atoms with E-state index in [4.69, 9.17) is 9.47 Å². The van der Waals surface area contributed by atoms with Crippen LogP contribution in [-0.4, -0.2) is 31.3 Å². The molecule has 3 atom stereocenters. The molecule has 1 saturated carbocycles. The van der Waals surface area contributed by atoms with Crippen LogP contribution in [0.1, 0.15) is 17.9 Å². The van der Waals surface area contributed by atoms with Gasteiger partial charge in [0.1, 0.15) is 18.2 Å². The lowest BCUT2D eigenvalue weighted by Crippen LogP contribution is -2.23. The Morgan fingerprint density at radius 1 is 1.43 bits per heavy atom. The van der Waals surface area contributed by atoms with Crippen LogP contribution in [0, 0.1) is 17.6 Å². The number of esters is 1. The molecule has 5 nitrogen and oxygen atoms in total. The number of amides is 1. The highest BCUT2D eigenvalue weighted by molar-refractivity contribution is 5.77. The van der Waals surface area contributed by atoms with Crippen molar-refractivity contribution in [2.24, 2.45) is 5.92 Å². The summed E-state index contributed by atoms with van der Waals surface area (Å²) in [7, 11) is 0. The van der Waals surface area contributed by atoms with Gasteiger partial charge >= 0.3 is 12.1 Å². The monoisotopic (exact) mass is 297 g/mol. The zero-order valence-corrected chi connectivity index (χ0v) is 11.0. The highest BCUT2D eigenvalue weighted by Gasteiger charge is 2.46. The molecule has 112 valence electrons. The van der Waals surface area contributed by atoms with Crippen molar-refractivity contribution < 1.29 is 27.8 Å². The first kappa shape index (κ1) is 13.8. The first-order valence-electron chi connectivity index (χ1n) is 6.60. The van der Waals surface area contributed by atoms with Crippen LogP contribution in [0.4, 0.5) is 13.6 Å². The van der Waals surface area contributed by atoms with Gasteiger partial charge in [0.2, 0.25) is 0 Å². The minimum atomic E-state index is -0.540. The predicted octanol–water partition coefficient (Wildman–Crippen LogP) is 1.72. The quantitative estimate of drug-likeness (QED) is 0.859. The number of hydrogen-bond acceptors (Lipinski definition) is 4. The molecule has 1 aromatic carbocycles. The van der Waals surface area contributed by atoms with E-state index in [-0.39, 0.29) is 18.1 Å². The summed E-state index contributed by atoms with van der Waals surface area (Å²) in [5.74, 6) is -2.35. The van der Waals surface area contributed by atoms with Crippen molar-refractivity contribution in [1.29, 1.82) is 0 Å². The number of hydrogen-bond donors (Lipinski definition) is 1. The fraction of sp³-hybridized carbons (Fsp3) is 0.429. The number of nitrogens with one attached hydrogen (secondary N) is 1. The van der Waals surface area contributed by atoms with Gasteiger partial charge in [-0.3, -0.25) is 4.79 Å². The fourth-order valence-electron chi connectivity index (χ4n) is 2.40. The van der Waals surface area contributed by atoms with Crippen LogP contribution in [0.5, 0.6) is 0 Å². The first-order chi connectivity index (χ1) is 10.0. The summed E-state index contributed by atoms with van der Waals surface area (Å²) in [6.45, 7) is 0.255. The average molecular weight is 297 g/mol. The first-order valence-corrected chi connectivity index (χ1v) is 6.60. The van der Waals surface area contributed by atoms with Crippen LogP contribution in [-0.2, 0) is 14.3 Å². The van der Waals surface area contributed by atoms with E-state index in [1.807, 2.05) is 0 Å². The number of halogens is 2. The van der Waals surface area contributed by atoms with Gasteiger partial charge in [-0.2, -0.15) is 0 Å². The summed E-state index contributed by atoms with van der Waals surface area (Å²) < 4.78 is 36.6. The van der Waals surface area contributed by atoms with Crippen molar-refractivity contribution >= 4 is 12.1 Å². The molecule has 1 heterocycles. The third-order valence-electron chi connectivity index (χ3n) is 3.61. The molecule has 0 spiro atoms. The summed E-state index contributed by atoms with van der Waals surface area (Å²) in [5.41, 5.74) is 0.200. The zero-order chi connectivity index (χ0) is 15.0. The Morgan fingerprint density at radius 2 is 2.24 bits per heavy atom. The van der Waals surface area contributed by atoms with E-state index in [0.717, 1.165) is 18.2 Å². The lowest BCUT2D eigenvalue weighted by Gasteiger charge is -2.09. The van der Waals surface area contributed by atoms with E-state index < -0.39 is 35.7 Å². The van der Waals surface area contributed by atoms with Crippen LogP contribution < -0.4 is 5.32 Å². The Labute approximate surface area is 119 Å². The minimum Gasteiger partial charge on any atom is -0.461 e. The van der Waals surface area contributed by atoms with Crippen LogP contribution in [0.3, 0.4) is 0 Å². The maximum absolute atomic E-state index is 13.6. The topological polar surface area (TPSA) is 64.6 Å². The molecule has 1 saturated heterocycles. The number of carbonyl (C=O) groups excluding carboxylic acids is 2. The lowest BCUT2D eigenvalue weighted by atomic mass is 10.1. The van der Waals surface area contributed by atoms with E-state index in [2.05, 4.69) is 5.32 Å². The largest absolute Gasteiger partial charge is 0.461 e. The molecule has 0 bridgehead atoms. The molecule has 1 aromatic rings. The smallest absolute Gasteiger partial charge is 0.407 e. The number of ether oxygens (including phenoxy) is 2. The standard InChI is InChI=1S/C14H13F2NO4/c15-7-1-2-12(16)10(3-7)9-4-11(9)13(18)20-6-8-5-17-14(19)21-8/h1-3,8-9,11H,4-6H2,(H,17,19)/t8-,9+,11-/m1/s1. The van der Waals surface area contributed by atoms with Gasteiger partial charge < -0.3 is 14.8 Å². The molecule has 1 amide bonds. The van der Waals surface area contributed by atoms with Crippen molar-refractivity contribution in [1.82, 2.24) is 5.32 Å². The highest BCUT2D eigenvalue weighted by Crippen LogP contribution is 2.49. The Hall–Kier alpha value is -2.18. The van der Waals surface area contributed by atoms with Gasteiger partial charge in [0.05, 0.1) is 12.5 Å². The number of benzene rings is 1. The highest BCUT2D eigenvalue weighted by atomic mass is 19.1. The molecule has 0 radical (unpaired) electrons. The average Bonchev–Trinajstić information content (AvgIpc) is 3.14. The normalized spacial score (nSPS) is 27.0. The molecular formula is C14H13F2NO4. The summed E-state index contributed by atoms with van der Waals surface area (Å²) in [6, 6.07) is 3.20. The van der Waals surface area contributed by atoms with Gasteiger partial charge in [-0.05, 0) is 30.2 Å². The van der Waals surface area contributed by atoms with Crippen molar-refractivity contribution in [3.63, 3.8) is 0 Å². The maximum Gasteiger partial charge on any atom is 0.407 e. The van der Waals surface area contributed by atoms with E-state index in [1.165, 1.54) is 0 Å². The predicted molar refractivity (Wildman–Crippen MR) is 66.4 cm³/mol. The van der Waals surface area contributed by atoms with Crippen molar-refractivity contribution in [2.75, 3.05) is 13.2 Å². The van der Waals surface area contributed by atoms with Gasteiger partial charge in [-0.1, -0.05) is 0 Å². The van der Waals surface area contributed by atoms with Crippen LogP contribution in [0.25, 0.3) is 0 Å². The second-order valence-corrected chi connectivity index (χ2v) is 5.15. The second kappa shape index (κ2) is 5.31. The summed E-state index contributed by atoms with van der Waals surface area (Å²) in [5, 5.41) is 2.44. The Morgan fingerprint density at radius 3 is 2.95 bits per heavy atom. The Bertz CT molecular complexity index is 592. The van der Waals surface area contributed by atoms with Gasteiger partial charge in [0, 0.05) is 5.92 Å². The molecule has 3 rings (SSSR count). The molecular weight excluding hydrogens is 284 g/mol. The number of carbonyl (C=O) groups is 2. The van der Waals surface area contributed by atoms with E-state index >= 15 is 0 Å². The van der Waals surface area contributed by atoms with Gasteiger partial charge in [0.15, 0.2) is 6.10 Å². The third kappa shape index (κ3) is 2.96. The molecule has 1 N–H and O–H groups in total. The van der Waals surface area contributed by atoms with Crippen LogP contribution >= 0.6 is 0 Å². The molecule has 7 heteroatoms. The minimum absolute atomic E-state index is 0.0353. The molecule has 0 aromatic heterocycles. The summed E-state index contributed by atoms with van der Waals surface area (Å²) in [6.07, 6.45) is -0.603. The number of rotatable bonds is 4. The fourth-order valence-corrected chi connectivity index (χ4v) is 2.40. The van der Waals surface area contributed by atoms with Crippen molar-refractivity contribution in [2.45, 2.75) is 18.4 Å². The molecule has 2 fully saturated rings. The molecule has 2 aliphatic rings. The van der Waals surface area contributed by atoms with E-state index in [9.17, 15) is 18.4 Å². The van der Waals surface area contributed by atoms with Gasteiger partial charge in [0.25, 0.3) is 0 Å². The van der Waals surface area contributed by atoms with Crippen molar-refractivity contribution in [3.05, 3.63) is 35.4 Å². The molecule has 21 heavy (non-hydrogen) atoms. The van der Waals surface area contributed by atoms with E-state index in [1.54, 1.807) is 0 Å². The van der Waals surface area contributed by atoms with E-state index in [0.29, 0.717) is 13.0 Å². The lowest BCUT2D eigenvalue weighted by molar-refractivity contribution is -0.147. The summed E-state index contributed by atoms with van der Waals surface area (Å²) in [4.78, 5) is 22.6. The van der Waals surface area contributed by atoms with Gasteiger partial charge in [-0.15, -0.1) is 0 Å². The third-order valence-corrected chi connectivity index (χ3v) is 3.61. The number of cyclic esters (lactones) is 1. The van der Waals surface area contributed by atoms with Crippen LogP contribution in [0.2, 0.25) is 0 Å². The number of alkyl carbamates (subject to hydrolysis) is 1.